The zero-order valence-corrected chi connectivity index (χ0v) is 10.7. The Morgan fingerprint density at radius 2 is 2.11 bits per heavy atom. The molecular formula is C15H16FNO2. The van der Waals surface area contributed by atoms with Gasteiger partial charge in [0, 0.05) is 25.1 Å². The van der Waals surface area contributed by atoms with Crippen LogP contribution in [0.15, 0.2) is 18.2 Å². The highest BCUT2D eigenvalue weighted by atomic mass is 19.1. The van der Waals surface area contributed by atoms with Gasteiger partial charge >= 0.3 is 0 Å². The summed E-state index contributed by atoms with van der Waals surface area (Å²) >= 11 is 0. The van der Waals surface area contributed by atoms with Gasteiger partial charge in [-0.3, -0.25) is 4.79 Å². The highest BCUT2D eigenvalue weighted by Crippen LogP contribution is 2.15. The minimum atomic E-state index is -0.490. The van der Waals surface area contributed by atoms with Gasteiger partial charge in [0.05, 0.1) is 12.2 Å². The van der Waals surface area contributed by atoms with Gasteiger partial charge < -0.3 is 10.0 Å². The molecule has 1 aliphatic heterocycles. The van der Waals surface area contributed by atoms with E-state index < -0.39 is 5.82 Å². The Morgan fingerprint density at radius 1 is 1.37 bits per heavy atom. The Labute approximate surface area is 112 Å². The molecule has 4 heteroatoms. The van der Waals surface area contributed by atoms with Gasteiger partial charge in [-0.15, -0.1) is 0 Å². The van der Waals surface area contributed by atoms with E-state index in [-0.39, 0.29) is 18.1 Å². The van der Waals surface area contributed by atoms with Crippen molar-refractivity contribution in [1.82, 2.24) is 4.90 Å². The average Bonchev–Trinajstić information content (AvgIpc) is 2.94. The Kier molecular flexibility index (Phi) is 4.53. The number of carbonyl (C=O) groups is 1. The second kappa shape index (κ2) is 6.35. The molecule has 1 fully saturated rings. The van der Waals surface area contributed by atoms with Crippen LogP contribution >= 0.6 is 0 Å². The van der Waals surface area contributed by atoms with Crippen molar-refractivity contribution in [2.45, 2.75) is 19.3 Å². The highest BCUT2D eigenvalue weighted by molar-refractivity contribution is 5.94. The zero-order valence-electron chi connectivity index (χ0n) is 10.7. The molecule has 1 N–H and O–H groups in total. The fourth-order valence-electron chi connectivity index (χ4n) is 2.07. The third kappa shape index (κ3) is 3.33. The molecule has 1 amide bonds. The summed E-state index contributed by atoms with van der Waals surface area (Å²) in [5.41, 5.74) is 0.624. The SMILES string of the molecule is O=C(c1ccc(C#CCCO)c(F)c1)N1CCCC1. The van der Waals surface area contributed by atoms with Crippen molar-refractivity contribution in [2.75, 3.05) is 19.7 Å². The summed E-state index contributed by atoms with van der Waals surface area (Å²) in [6.45, 7) is 1.46. The Bertz CT molecular complexity index is 525. The van der Waals surface area contributed by atoms with Crippen molar-refractivity contribution in [2.24, 2.45) is 0 Å². The van der Waals surface area contributed by atoms with Crippen LogP contribution in [0, 0.1) is 17.7 Å². The molecule has 0 atom stereocenters. The number of hydrogen-bond donors (Lipinski definition) is 1. The van der Waals surface area contributed by atoms with Gasteiger partial charge in [-0.25, -0.2) is 4.39 Å². The summed E-state index contributed by atoms with van der Waals surface area (Å²) in [6.07, 6.45) is 2.34. The van der Waals surface area contributed by atoms with E-state index in [2.05, 4.69) is 11.8 Å². The maximum atomic E-state index is 13.8. The smallest absolute Gasteiger partial charge is 0.253 e. The molecular weight excluding hydrogens is 245 g/mol. The molecule has 1 aromatic carbocycles. The van der Waals surface area contributed by atoms with Crippen molar-refractivity contribution >= 4 is 5.91 Å². The largest absolute Gasteiger partial charge is 0.395 e. The monoisotopic (exact) mass is 261 g/mol. The predicted octanol–water partition coefficient (Wildman–Crippen LogP) is 1.80. The lowest BCUT2D eigenvalue weighted by Gasteiger charge is -2.15. The maximum Gasteiger partial charge on any atom is 0.253 e. The van der Waals surface area contributed by atoms with E-state index in [1.807, 2.05) is 0 Å². The van der Waals surface area contributed by atoms with Crippen LogP contribution in [0.4, 0.5) is 4.39 Å². The van der Waals surface area contributed by atoms with E-state index in [9.17, 15) is 9.18 Å². The molecule has 0 aliphatic carbocycles. The van der Waals surface area contributed by atoms with Crippen LogP contribution in [0.5, 0.6) is 0 Å². The van der Waals surface area contributed by atoms with E-state index in [1.165, 1.54) is 12.1 Å². The number of likely N-dealkylation sites (tertiary alicyclic amines) is 1. The Morgan fingerprint density at radius 3 is 2.74 bits per heavy atom. The van der Waals surface area contributed by atoms with Crippen LogP contribution in [-0.2, 0) is 0 Å². The second-order valence-corrected chi connectivity index (χ2v) is 4.47. The Hall–Kier alpha value is -1.86. The van der Waals surface area contributed by atoms with Crippen LogP contribution in [-0.4, -0.2) is 35.6 Å². The zero-order chi connectivity index (χ0) is 13.7. The molecule has 1 heterocycles. The quantitative estimate of drug-likeness (QED) is 0.825. The molecule has 0 spiro atoms. The number of nitrogens with zero attached hydrogens (tertiary/aromatic N) is 1. The summed E-state index contributed by atoms with van der Waals surface area (Å²) in [7, 11) is 0. The summed E-state index contributed by atoms with van der Waals surface area (Å²) in [5.74, 6) is 4.69. The molecule has 0 unspecified atom stereocenters. The maximum absolute atomic E-state index is 13.8. The van der Waals surface area contributed by atoms with Gasteiger partial charge in [-0.1, -0.05) is 11.8 Å². The molecule has 0 radical (unpaired) electrons. The number of amides is 1. The first-order valence-electron chi connectivity index (χ1n) is 6.41. The van der Waals surface area contributed by atoms with Crippen molar-refractivity contribution < 1.29 is 14.3 Å². The van der Waals surface area contributed by atoms with Crippen LogP contribution in [0.3, 0.4) is 0 Å². The van der Waals surface area contributed by atoms with Crippen LogP contribution in [0.2, 0.25) is 0 Å². The lowest BCUT2D eigenvalue weighted by molar-refractivity contribution is 0.0792. The molecule has 1 aliphatic rings. The molecule has 0 aromatic heterocycles. The molecule has 1 saturated heterocycles. The lowest BCUT2D eigenvalue weighted by atomic mass is 10.1. The molecule has 19 heavy (non-hydrogen) atoms. The topological polar surface area (TPSA) is 40.5 Å². The van der Waals surface area contributed by atoms with Gasteiger partial charge in [0.15, 0.2) is 0 Å². The van der Waals surface area contributed by atoms with Crippen molar-refractivity contribution in [3.05, 3.63) is 35.1 Å². The van der Waals surface area contributed by atoms with Gasteiger partial charge in [-0.05, 0) is 31.0 Å². The van der Waals surface area contributed by atoms with Gasteiger partial charge in [0.25, 0.3) is 5.91 Å². The van der Waals surface area contributed by atoms with Crippen molar-refractivity contribution in [3.8, 4) is 11.8 Å². The highest BCUT2D eigenvalue weighted by Gasteiger charge is 2.20. The van der Waals surface area contributed by atoms with Gasteiger partial charge in [0.2, 0.25) is 0 Å². The number of benzene rings is 1. The Balaban J connectivity index is 2.14. The van der Waals surface area contributed by atoms with E-state index >= 15 is 0 Å². The number of halogens is 1. The predicted molar refractivity (Wildman–Crippen MR) is 70.1 cm³/mol. The van der Waals surface area contributed by atoms with Gasteiger partial charge in [-0.2, -0.15) is 0 Å². The minimum Gasteiger partial charge on any atom is -0.395 e. The van der Waals surface area contributed by atoms with Crippen LogP contribution in [0.25, 0.3) is 0 Å². The first-order chi connectivity index (χ1) is 9.22. The lowest BCUT2D eigenvalue weighted by Crippen LogP contribution is -2.27. The molecule has 0 saturated carbocycles. The second-order valence-electron chi connectivity index (χ2n) is 4.47. The van der Waals surface area contributed by atoms with Crippen molar-refractivity contribution in [3.63, 3.8) is 0 Å². The average molecular weight is 261 g/mol. The first-order valence-corrected chi connectivity index (χ1v) is 6.41. The molecule has 2 rings (SSSR count). The summed E-state index contributed by atoms with van der Waals surface area (Å²) in [6, 6.07) is 4.36. The fraction of sp³-hybridized carbons (Fsp3) is 0.400. The minimum absolute atomic E-state index is 0.0415. The fourth-order valence-corrected chi connectivity index (χ4v) is 2.07. The summed E-state index contributed by atoms with van der Waals surface area (Å²) in [4.78, 5) is 13.8. The third-order valence-electron chi connectivity index (χ3n) is 3.07. The number of aliphatic hydroxyl groups is 1. The standard InChI is InChI=1S/C15H16FNO2/c16-14-11-13(15(19)17-8-2-3-9-17)7-6-12(14)5-1-4-10-18/h6-7,11,18H,2-4,8-10H2. The van der Waals surface area contributed by atoms with E-state index in [1.54, 1.807) is 11.0 Å². The molecule has 3 nitrogen and oxygen atoms in total. The molecule has 1 aromatic rings. The normalized spacial score (nSPS) is 14.1. The van der Waals surface area contributed by atoms with Crippen LogP contribution in [0.1, 0.15) is 35.2 Å². The first kappa shape index (κ1) is 13.6. The number of carbonyl (C=O) groups excluding carboxylic acids is 1. The summed E-state index contributed by atoms with van der Waals surface area (Å²) in [5, 5.41) is 8.61. The number of aliphatic hydroxyl groups excluding tert-OH is 1. The van der Waals surface area contributed by atoms with Crippen molar-refractivity contribution in [1.29, 1.82) is 0 Å². The number of rotatable bonds is 2. The number of hydrogen-bond acceptors (Lipinski definition) is 2. The third-order valence-corrected chi connectivity index (χ3v) is 3.07. The van der Waals surface area contributed by atoms with E-state index in [0.29, 0.717) is 12.0 Å². The summed E-state index contributed by atoms with van der Waals surface area (Å²) < 4.78 is 13.8. The van der Waals surface area contributed by atoms with E-state index in [0.717, 1.165) is 25.9 Å². The molecule has 100 valence electrons. The van der Waals surface area contributed by atoms with E-state index in [4.69, 9.17) is 5.11 Å². The van der Waals surface area contributed by atoms with Gasteiger partial charge in [0.1, 0.15) is 5.82 Å². The van der Waals surface area contributed by atoms with Crippen LogP contribution < -0.4 is 0 Å². The molecule has 0 bridgehead atoms.